The molecule has 2 atom stereocenters. The van der Waals surface area contributed by atoms with Crippen LogP contribution in [0, 0.1) is 0 Å². The van der Waals surface area contributed by atoms with Crippen molar-refractivity contribution in [1.29, 1.82) is 0 Å². The van der Waals surface area contributed by atoms with Gasteiger partial charge in [-0.15, -0.1) is 0 Å². The summed E-state index contributed by atoms with van der Waals surface area (Å²) >= 11 is 0. The van der Waals surface area contributed by atoms with Gasteiger partial charge in [-0.3, -0.25) is 4.79 Å². The summed E-state index contributed by atoms with van der Waals surface area (Å²) in [5, 5.41) is 0. The van der Waals surface area contributed by atoms with Crippen molar-refractivity contribution in [2.24, 2.45) is 0 Å². The summed E-state index contributed by atoms with van der Waals surface area (Å²) in [6.45, 7) is 9.96. The van der Waals surface area contributed by atoms with Gasteiger partial charge in [-0.05, 0) is 27.2 Å². The lowest BCUT2D eigenvalue weighted by atomic mass is 10.2. The van der Waals surface area contributed by atoms with Crippen molar-refractivity contribution in [2.45, 2.75) is 58.8 Å². The molecule has 0 aliphatic carbocycles. The van der Waals surface area contributed by atoms with Crippen molar-refractivity contribution in [1.82, 2.24) is 4.90 Å². The van der Waals surface area contributed by atoms with E-state index < -0.39 is 0 Å². The summed E-state index contributed by atoms with van der Waals surface area (Å²) in [6, 6.07) is 0.182. The van der Waals surface area contributed by atoms with Crippen LogP contribution in [-0.2, 0) is 14.3 Å². The quantitative estimate of drug-likeness (QED) is 0.714. The van der Waals surface area contributed by atoms with E-state index in [1.807, 2.05) is 32.6 Å². The average molecular weight is 243 g/mol. The molecule has 1 heterocycles. The van der Waals surface area contributed by atoms with Crippen LogP contribution in [0.15, 0.2) is 0 Å². The maximum absolute atomic E-state index is 11.8. The van der Waals surface area contributed by atoms with Crippen LogP contribution in [0.5, 0.6) is 0 Å². The van der Waals surface area contributed by atoms with E-state index in [0.717, 1.165) is 6.42 Å². The number of ether oxygens (including phenoxy) is 2. The number of hydrogen-bond acceptors (Lipinski definition) is 3. The smallest absolute Gasteiger partial charge is 0.222 e. The van der Waals surface area contributed by atoms with Crippen molar-refractivity contribution < 1.29 is 14.3 Å². The topological polar surface area (TPSA) is 38.8 Å². The van der Waals surface area contributed by atoms with E-state index in [2.05, 4.69) is 0 Å². The Morgan fingerprint density at radius 1 is 1.41 bits per heavy atom. The predicted molar refractivity (Wildman–Crippen MR) is 66.9 cm³/mol. The molecule has 1 aliphatic rings. The molecule has 17 heavy (non-hydrogen) atoms. The van der Waals surface area contributed by atoms with Crippen molar-refractivity contribution in [3.05, 3.63) is 0 Å². The number of carbonyl (C=O) groups excluding carboxylic acids is 1. The molecule has 0 saturated carbocycles. The Labute approximate surface area is 104 Å². The highest BCUT2D eigenvalue weighted by molar-refractivity contribution is 5.76. The molecule has 1 aliphatic heterocycles. The number of amides is 1. The summed E-state index contributed by atoms with van der Waals surface area (Å²) in [5.74, 6) is 0.199. The molecule has 4 nitrogen and oxygen atoms in total. The molecule has 0 unspecified atom stereocenters. The fraction of sp³-hybridized carbons (Fsp3) is 0.923. The Morgan fingerprint density at radius 2 is 2.12 bits per heavy atom. The zero-order valence-electron chi connectivity index (χ0n) is 11.4. The van der Waals surface area contributed by atoms with Crippen LogP contribution in [-0.4, -0.2) is 48.8 Å². The predicted octanol–water partition coefficient (Wildman–Crippen LogP) is 1.83. The lowest BCUT2D eigenvalue weighted by molar-refractivity contribution is -0.133. The van der Waals surface area contributed by atoms with Gasteiger partial charge in [0.1, 0.15) is 0 Å². The largest absolute Gasteiger partial charge is 0.377 e. The van der Waals surface area contributed by atoms with Gasteiger partial charge in [0, 0.05) is 19.6 Å². The Balaban J connectivity index is 2.53. The van der Waals surface area contributed by atoms with Gasteiger partial charge in [0.2, 0.25) is 5.91 Å². The number of hydrogen-bond donors (Lipinski definition) is 0. The molecule has 0 aromatic carbocycles. The van der Waals surface area contributed by atoms with E-state index in [1.165, 1.54) is 0 Å². The fourth-order valence-corrected chi connectivity index (χ4v) is 2.20. The molecule has 0 aromatic heterocycles. The second kappa shape index (κ2) is 6.97. The van der Waals surface area contributed by atoms with E-state index in [1.54, 1.807) is 0 Å². The number of nitrogens with zero attached hydrogens (tertiary/aromatic N) is 1. The van der Waals surface area contributed by atoms with E-state index in [9.17, 15) is 4.79 Å². The molecule has 0 aromatic rings. The third-order valence-corrected chi connectivity index (χ3v) is 3.02. The molecule has 1 saturated heterocycles. The van der Waals surface area contributed by atoms with Crippen LogP contribution in [0.2, 0.25) is 0 Å². The molecule has 0 spiro atoms. The first-order valence-corrected chi connectivity index (χ1v) is 6.61. The van der Waals surface area contributed by atoms with Gasteiger partial charge in [0.05, 0.1) is 24.9 Å². The number of likely N-dealkylation sites (tertiary alicyclic amines) is 1. The molecule has 1 rings (SSSR count). The van der Waals surface area contributed by atoms with Crippen molar-refractivity contribution in [3.8, 4) is 0 Å². The van der Waals surface area contributed by atoms with Crippen molar-refractivity contribution >= 4 is 5.91 Å². The van der Waals surface area contributed by atoms with Gasteiger partial charge >= 0.3 is 0 Å². The van der Waals surface area contributed by atoms with Gasteiger partial charge in [-0.1, -0.05) is 6.92 Å². The molecule has 4 heteroatoms. The Bertz CT molecular complexity index is 243. The molecular weight excluding hydrogens is 218 g/mol. The average Bonchev–Trinajstić information content (AvgIpc) is 2.69. The van der Waals surface area contributed by atoms with Crippen LogP contribution in [0.4, 0.5) is 0 Å². The zero-order chi connectivity index (χ0) is 12.8. The minimum absolute atomic E-state index is 0.177. The fourth-order valence-electron chi connectivity index (χ4n) is 2.20. The normalized spacial score (nSPS) is 24.6. The highest BCUT2D eigenvalue weighted by atomic mass is 16.5. The third-order valence-electron chi connectivity index (χ3n) is 3.02. The van der Waals surface area contributed by atoms with Gasteiger partial charge in [0.25, 0.3) is 0 Å². The van der Waals surface area contributed by atoms with Crippen LogP contribution in [0.3, 0.4) is 0 Å². The summed E-state index contributed by atoms with van der Waals surface area (Å²) in [6.07, 6.45) is 1.83. The van der Waals surface area contributed by atoms with E-state index in [-0.39, 0.29) is 24.2 Å². The van der Waals surface area contributed by atoms with E-state index in [4.69, 9.17) is 9.47 Å². The highest BCUT2D eigenvalue weighted by Crippen LogP contribution is 2.22. The molecule has 1 amide bonds. The van der Waals surface area contributed by atoms with Crippen molar-refractivity contribution in [2.75, 3.05) is 19.8 Å². The first-order valence-electron chi connectivity index (χ1n) is 6.61. The lowest BCUT2D eigenvalue weighted by Gasteiger charge is -2.24. The van der Waals surface area contributed by atoms with Crippen LogP contribution in [0.25, 0.3) is 0 Å². The molecular formula is C13H25NO3. The van der Waals surface area contributed by atoms with Gasteiger partial charge in [-0.2, -0.15) is 0 Å². The van der Waals surface area contributed by atoms with E-state index in [0.29, 0.717) is 26.2 Å². The standard InChI is InChI=1S/C13H25NO3/c1-5-13(15)14-8-12(16-6-2)7-11(14)9-17-10(3)4/h10-12H,5-9H2,1-4H3/t11-,12+/m0/s1. The molecule has 0 radical (unpaired) electrons. The third kappa shape index (κ3) is 4.28. The van der Waals surface area contributed by atoms with Gasteiger partial charge in [0.15, 0.2) is 0 Å². The minimum Gasteiger partial charge on any atom is -0.377 e. The van der Waals surface area contributed by atoms with E-state index >= 15 is 0 Å². The Hall–Kier alpha value is -0.610. The Kier molecular flexibility index (Phi) is 5.92. The lowest BCUT2D eigenvalue weighted by Crippen LogP contribution is -2.38. The summed E-state index contributed by atoms with van der Waals surface area (Å²) in [7, 11) is 0. The molecule has 100 valence electrons. The molecule has 0 bridgehead atoms. The first-order chi connectivity index (χ1) is 8.08. The molecule has 1 fully saturated rings. The summed E-state index contributed by atoms with van der Waals surface area (Å²) in [4.78, 5) is 13.8. The first kappa shape index (κ1) is 14.5. The van der Waals surface area contributed by atoms with Crippen LogP contribution >= 0.6 is 0 Å². The zero-order valence-corrected chi connectivity index (χ0v) is 11.4. The Morgan fingerprint density at radius 3 is 2.65 bits per heavy atom. The second-order valence-corrected chi connectivity index (χ2v) is 4.75. The number of rotatable bonds is 6. The number of carbonyl (C=O) groups is 1. The maximum Gasteiger partial charge on any atom is 0.222 e. The molecule has 0 N–H and O–H groups in total. The second-order valence-electron chi connectivity index (χ2n) is 4.75. The van der Waals surface area contributed by atoms with Crippen molar-refractivity contribution in [3.63, 3.8) is 0 Å². The maximum atomic E-state index is 11.8. The highest BCUT2D eigenvalue weighted by Gasteiger charge is 2.35. The van der Waals surface area contributed by atoms with Crippen LogP contribution < -0.4 is 0 Å². The minimum atomic E-state index is 0.177. The van der Waals surface area contributed by atoms with Gasteiger partial charge in [-0.25, -0.2) is 0 Å². The SMILES string of the molecule is CCO[C@@H]1C[C@@H](COC(C)C)N(C(=O)CC)C1. The monoisotopic (exact) mass is 243 g/mol. The summed E-state index contributed by atoms with van der Waals surface area (Å²) < 4.78 is 11.2. The summed E-state index contributed by atoms with van der Waals surface area (Å²) in [5.41, 5.74) is 0. The van der Waals surface area contributed by atoms with Gasteiger partial charge < -0.3 is 14.4 Å². The van der Waals surface area contributed by atoms with Crippen LogP contribution in [0.1, 0.15) is 40.5 Å².